The summed E-state index contributed by atoms with van der Waals surface area (Å²) < 4.78 is 0. The fraction of sp³-hybridized carbons (Fsp3) is 1.00. The van der Waals surface area contributed by atoms with Crippen LogP contribution >= 0.6 is 0 Å². The topological polar surface area (TPSA) is 0 Å². The molecule has 0 spiro atoms. The Bertz CT molecular complexity index is 74.1. The van der Waals surface area contributed by atoms with Crippen molar-refractivity contribution in [1.29, 1.82) is 0 Å². The molecule has 54 valence electrons. The summed E-state index contributed by atoms with van der Waals surface area (Å²) in [7, 11) is 0. The van der Waals surface area contributed by atoms with E-state index in [1.54, 1.807) is 0 Å². The van der Waals surface area contributed by atoms with Crippen LogP contribution in [0, 0.1) is 11.8 Å². The quantitative estimate of drug-likeness (QED) is 0.544. The molecule has 0 aromatic rings. The molecule has 1 saturated carbocycles. The molecule has 1 rings (SSSR count). The van der Waals surface area contributed by atoms with E-state index in [4.69, 9.17) is 0 Å². The van der Waals surface area contributed by atoms with Crippen LogP contribution in [-0.4, -0.2) is 0 Å². The standard InChI is InChI=1S/C9H18/c1-3-5-9-7-6-8(9)4-2/h8-9H,3-7H2,1-2H3. The zero-order valence-corrected chi connectivity index (χ0v) is 6.69. The molecule has 1 aliphatic rings. The van der Waals surface area contributed by atoms with Crippen molar-refractivity contribution >= 4 is 0 Å². The minimum Gasteiger partial charge on any atom is -0.0654 e. The molecule has 0 heteroatoms. The van der Waals surface area contributed by atoms with Gasteiger partial charge >= 0.3 is 0 Å². The molecule has 0 N–H and O–H groups in total. The van der Waals surface area contributed by atoms with Crippen LogP contribution in [0.1, 0.15) is 46.0 Å². The van der Waals surface area contributed by atoms with Crippen LogP contribution in [0.2, 0.25) is 0 Å². The maximum atomic E-state index is 2.33. The van der Waals surface area contributed by atoms with E-state index in [1.807, 2.05) is 0 Å². The zero-order valence-electron chi connectivity index (χ0n) is 6.69. The monoisotopic (exact) mass is 126 g/mol. The molecular weight excluding hydrogens is 108 g/mol. The third-order valence-corrected chi connectivity index (χ3v) is 2.76. The Morgan fingerprint density at radius 3 is 2.11 bits per heavy atom. The van der Waals surface area contributed by atoms with Crippen LogP contribution in [0.3, 0.4) is 0 Å². The average molecular weight is 126 g/mol. The van der Waals surface area contributed by atoms with Gasteiger partial charge in [0.05, 0.1) is 0 Å². The number of rotatable bonds is 3. The van der Waals surface area contributed by atoms with Gasteiger partial charge in [0.15, 0.2) is 0 Å². The highest BCUT2D eigenvalue weighted by atomic mass is 14.3. The fourth-order valence-corrected chi connectivity index (χ4v) is 1.93. The molecule has 0 bridgehead atoms. The van der Waals surface area contributed by atoms with E-state index >= 15 is 0 Å². The van der Waals surface area contributed by atoms with Gasteiger partial charge in [-0.3, -0.25) is 0 Å². The van der Waals surface area contributed by atoms with E-state index in [9.17, 15) is 0 Å². The number of hydrogen-bond donors (Lipinski definition) is 0. The Kier molecular flexibility index (Phi) is 2.56. The summed E-state index contributed by atoms with van der Waals surface area (Å²) >= 11 is 0. The normalized spacial score (nSPS) is 34.0. The minimum absolute atomic E-state index is 1.10. The van der Waals surface area contributed by atoms with E-state index in [-0.39, 0.29) is 0 Å². The van der Waals surface area contributed by atoms with Crippen molar-refractivity contribution in [3.63, 3.8) is 0 Å². The van der Waals surface area contributed by atoms with Gasteiger partial charge in [0, 0.05) is 0 Å². The lowest BCUT2D eigenvalue weighted by Gasteiger charge is -2.35. The summed E-state index contributed by atoms with van der Waals surface area (Å²) in [5.74, 6) is 2.21. The van der Waals surface area contributed by atoms with Gasteiger partial charge in [-0.25, -0.2) is 0 Å². The Morgan fingerprint density at radius 2 is 1.78 bits per heavy atom. The highest BCUT2D eigenvalue weighted by Gasteiger charge is 2.27. The van der Waals surface area contributed by atoms with Crippen molar-refractivity contribution in [3.8, 4) is 0 Å². The van der Waals surface area contributed by atoms with Gasteiger partial charge in [0.2, 0.25) is 0 Å². The van der Waals surface area contributed by atoms with Crippen molar-refractivity contribution in [2.24, 2.45) is 11.8 Å². The van der Waals surface area contributed by atoms with E-state index in [0.717, 1.165) is 11.8 Å². The fourth-order valence-electron chi connectivity index (χ4n) is 1.93. The second-order valence-corrected chi connectivity index (χ2v) is 3.29. The largest absolute Gasteiger partial charge is 0.0654 e. The van der Waals surface area contributed by atoms with Crippen molar-refractivity contribution in [2.75, 3.05) is 0 Å². The molecule has 9 heavy (non-hydrogen) atoms. The molecule has 1 fully saturated rings. The lowest BCUT2D eigenvalue weighted by molar-refractivity contribution is 0.158. The van der Waals surface area contributed by atoms with E-state index in [0.29, 0.717) is 0 Å². The summed E-state index contributed by atoms with van der Waals surface area (Å²) in [5, 5.41) is 0. The first-order valence-corrected chi connectivity index (χ1v) is 4.38. The summed E-state index contributed by atoms with van der Waals surface area (Å²) in [6.07, 6.45) is 7.33. The summed E-state index contributed by atoms with van der Waals surface area (Å²) in [6, 6.07) is 0. The predicted molar refractivity (Wildman–Crippen MR) is 41.4 cm³/mol. The smallest absolute Gasteiger partial charge is 0.0386 e. The molecule has 0 saturated heterocycles. The molecule has 0 heterocycles. The average Bonchev–Trinajstić information content (AvgIpc) is 1.82. The minimum atomic E-state index is 1.10. The molecule has 0 nitrogen and oxygen atoms in total. The predicted octanol–water partition coefficient (Wildman–Crippen LogP) is 3.22. The second-order valence-electron chi connectivity index (χ2n) is 3.29. The SMILES string of the molecule is CCCC1CCC1CC. The van der Waals surface area contributed by atoms with Gasteiger partial charge in [-0.05, 0) is 24.7 Å². The summed E-state index contributed by atoms with van der Waals surface area (Å²) in [5.41, 5.74) is 0. The van der Waals surface area contributed by atoms with Gasteiger partial charge in [0.1, 0.15) is 0 Å². The van der Waals surface area contributed by atoms with Gasteiger partial charge in [-0.1, -0.05) is 33.1 Å². The van der Waals surface area contributed by atoms with Crippen LogP contribution in [0.5, 0.6) is 0 Å². The molecule has 0 amide bonds. The van der Waals surface area contributed by atoms with Crippen molar-refractivity contribution in [3.05, 3.63) is 0 Å². The molecule has 0 radical (unpaired) electrons. The Hall–Kier alpha value is 0. The maximum absolute atomic E-state index is 2.33. The van der Waals surface area contributed by atoms with Crippen LogP contribution in [-0.2, 0) is 0 Å². The molecule has 0 aliphatic heterocycles. The Morgan fingerprint density at radius 1 is 1.11 bits per heavy atom. The third kappa shape index (κ3) is 1.47. The Labute approximate surface area is 58.7 Å². The molecule has 1 aliphatic carbocycles. The van der Waals surface area contributed by atoms with Gasteiger partial charge < -0.3 is 0 Å². The van der Waals surface area contributed by atoms with Crippen LogP contribution in [0.25, 0.3) is 0 Å². The van der Waals surface area contributed by atoms with E-state index in [2.05, 4.69) is 13.8 Å². The molecule has 2 atom stereocenters. The first kappa shape index (κ1) is 7.11. The first-order chi connectivity index (χ1) is 4.38. The first-order valence-electron chi connectivity index (χ1n) is 4.38. The van der Waals surface area contributed by atoms with Crippen LogP contribution in [0.15, 0.2) is 0 Å². The molecule has 0 aromatic carbocycles. The van der Waals surface area contributed by atoms with Crippen molar-refractivity contribution in [2.45, 2.75) is 46.0 Å². The maximum Gasteiger partial charge on any atom is -0.0386 e. The third-order valence-electron chi connectivity index (χ3n) is 2.76. The lowest BCUT2D eigenvalue weighted by atomic mass is 9.70. The van der Waals surface area contributed by atoms with Crippen LogP contribution < -0.4 is 0 Å². The molecule has 2 unspecified atom stereocenters. The van der Waals surface area contributed by atoms with Crippen molar-refractivity contribution < 1.29 is 0 Å². The molecule has 0 aromatic heterocycles. The Balaban J connectivity index is 2.11. The van der Waals surface area contributed by atoms with Gasteiger partial charge in [0.25, 0.3) is 0 Å². The van der Waals surface area contributed by atoms with Crippen molar-refractivity contribution in [1.82, 2.24) is 0 Å². The van der Waals surface area contributed by atoms with Gasteiger partial charge in [-0.2, -0.15) is 0 Å². The lowest BCUT2D eigenvalue weighted by Crippen LogP contribution is -2.24. The molecular formula is C9H18. The highest BCUT2D eigenvalue weighted by Crippen LogP contribution is 2.39. The summed E-state index contributed by atoms with van der Waals surface area (Å²) in [6.45, 7) is 4.62. The zero-order chi connectivity index (χ0) is 6.69. The van der Waals surface area contributed by atoms with Gasteiger partial charge in [-0.15, -0.1) is 0 Å². The number of hydrogen-bond acceptors (Lipinski definition) is 0. The van der Waals surface area contributed by atoms with Crippen LogP contribution in [0.4, 0.5) is 0 Å². The highest BCUT2D eigenvalue weighted by molar-refractivity contribution is 4.78. The summed E-state index contributed by atoms with van der Waals surface area (Å²) in [4.78, 5) is 0. The van der Waals surface area contributed by atoms with E-state index < -0.39 is 0 Å². The second kappa shape index (κ2) is 3.24. The van der Waals surface area contributed by atoms with E-state index in [1.165, 1.54) is 32.1 Å².